The van der Waals surface area contributed by atoms with Gasteiger partial charge in [0.05, 0.1) is 12.7 Å². The molecule has 0 radical (unpaired) electrons. The molecule has 0 aliphatic rings. The predicted molar refractivity (Wildman–Crippen MR) is 65.4 cm³/mol. The molecule has 1 aromatic carbocycles. The van der Waals surface area contributed by atoms with Crippen molar-refractivity contribution in [2.45, 2.75) is 0 Å². The molecule has 2 aromatic rings. The van der Waals surface area contributed by atoms with E-state index in [4.69, 9.17) is 10.5 Å². The summed E-state index contributed by atoms with van der Waals surface area (Å²) in [6.45, 7) is 0. The van der Waals surface area contributed by atoms with Crippen LogP contribution in [0.2, 0.25) is 0 Å². The van der Waals surface area contributed by atoms with Crippen LogP contribution in [0, 0.1) is 0 Å². The highest BCUT2D eigenvalue weighted by molar-refractivity contribution is 5.98. The standard InChI is InChI=1S/C13H12N2O2/c1-17-13(16)12-7-10(14)4-5-11(12)9-3-2-6-15-8-9/h2-8H,14H2,1H3. The van der Waals surface area contributed by atoms with Crippen LogP contribution in [0.25, 0.3) is 11.1 Å². The van der Waals surface area contributed by atoms with E-state index in [1.807, 2.05) is 12.1 Å². The second-order valence-electron chi connectivity index (χ2n) is 3.54. The molecule has 0 unspecified atom stereocenters. The van der Waals surface area contributed by atoms with Crippen LogP contribution < -0.4 is 5.73 Å². The minimum Gasteiger partial charge on any atom is -0.465 e. The number of anilines is 1. The van der Waals surface area contributed by atoms with Gasteiger partial charge in [-0.3, -0.25) is 4.98 Å². The number of hydrogen-bond acceptors (Lipinski definition) is 4. The highest BCUT2D eigenvalue weighted by Crippen LogP contribution is 2.25. The molecule has 0 saturated carbocycles. The molecule has 86 valence electrons. The molecule has 0 spiro atoms. The van der Waals surface area contributed by atoms with Crippen LogP contribution in [0.1, 0.15) is 10.4 Å². The zero-order chi connectivity index (χ0) is 12.3. The number of benzene rings is 1. The van der Waals surface area contributed by atoms with E-state index in [2.05, 4.69) is 4.98 Å². The summed E-state index contributed by atoms with van der Waals surface area (Å²) in [5.41, 5.74) is 8.26. The van der Waals surface area contributed by atoms with E-state index in [1.54, 1.807) is 30.6 Å². The Morgan fingerprint density at radius 1 is 1.35 bits per heavy atom. The third-order valence-corrected chi connectivity index (χ3v) is 2.42. The van der Waals surface area contributed by atoms with Crippen LogP contribution in [-0.4, -0.2) is 18.1 Å². The fourth-order valence-electron chi connectivity index (χ4n) is 1.61. The van der Waals surface area contributed by atoms with Gasteiger partial charge in [0.15, 0.2) is 0 Å². The number of carbonyl (C=O) groups is 1. The normalized spacial score (nSPS) is 9.94. The molecule has 1 aromatic heterocycles. The predicted octanol–water partition coefficient (Wildman–Crippen LogP) is 2.12. The van der Waals surface area contributed by atoms with Crippen molar-refractivity contribution in [2.75, 3.05) is 12.8 Å². The van der Waals surface area contributed by atoms with Gasteiger partial charge in [-0.1, -0.05) is 12.1 Å². The lowest BCUT2D eigenvalue weighted by molar-refractivity contribution is 0.0601. The average Bonchev–Trinajstić information content (AvgIpc) is 2.38. The zero-order valence-corrected chi connectivity index (χ0v) is 9.38. The molecule has 4 heteroatoms. The van der Waals surface area contributed by atoms with Crippen LogP contribution in [0.15, 0.2) is 42.7 Å². The van der Waals surface area contributed by atoms with Crippen molar-refractivity contribution in [1.29, 1.82) is 0 Å². The van der Waals surface area contributed by atoms with Crippen molar-refractivity contribution in [3.05, 3.63) is 48.3 Å². The molecule has 0 bridgehead atoms. The number of aromatic nitrogens is 1. The van der Waals surface area contributed by atoms with E-state index in [1.165, 1.54) is 7.11 Å². The fraction of sp³-hybridized carbons (Fsp3) is 0.0769. The molecule has 2 rings (SSSR count). The largest absolute Gasteiger partial charge is 0.465 e. The van der Waals surface area contributed by atoms with Crippen molar-refractivity contribution < 1.29 is 9.53 Å². The molecule has 1 heterocycles. The minimum atomic E-state index is -0.406. The summed E-state index contributed by atoms with van der Waals surface area (Å²) < 4.78 is 4.74. The van der Waals surface area contributed by atoms with E-state index >= 15 is 0 Å². The number of nitrogens with two attached hydrogens (primary N) is 1. The highest BCUT2D eigenvalue weighted by Gasteiger charge is 2.13. The molecule has 2 N–H and O–H groups in total. The third-order valence-electron chi connectivity index (χ3n) is 2.42. The quantitative estimate of drug-likeness (QED) is 0.631. The first-order chi connectivity index (χ1) is 8.22. The zero-order valence-electron chi connectivity index (χ0n) is 9.38. The first kappa shape index (κ1) is 11.1. The number of carbonyl (C=O) groups excluding carboxylic acids is 1. The minimum absolute atomic E-state index is 0.406. The lowest BCUT2D eigenvalue weighted by atomic mass is 10.0. The monoisotopic (exact) mass is 228 g/mol. The van der Waals surface area contributed by atoms with E-state index in [9.17, 15) is 4.79 Å². The summed E-state index contributed by atoms with van der Waals surface area (Å²) in [7, 11) is 1.35. The summed E-state index contributed by atoms with van der Waals surface area (Å²) in [6, 6.07) is 8.83. The van der Waals surface area contributed by atoms with Gasteiger partial charge < -0.3 is 10.5 Å². The summed E-state index contributed by atoms with van der Waals surface area (Å²) >= 11 is 0. The second-order valence-corrected chi connectivity index (χ2v) is 3.54. The van der Waals surface area contributed by atoms with Gasteiger partial charge >= 0.3 is 5.97 Å². The second kappa shape index (κ2) is 4.65. The molecular formula is C13H12N2O2. The van der Waals surface area contributed by atoms with Gasteiger partial charge in [0.25, 0.3) is 0 Å². The van der Waals surface area contributed by atoms with Gasteiger partial charge in [-0.05, 0) is 23.8 Å². The maximum absolute atomic E-state index is 11.7. The molecule has 0 aliphatic carbocycles. The molecule has 0 amide bonds. The third kappa shape index (κ3) is 2.25. The van der Waals surface area contributed by atoms with E-state index < -0.39 is 5.97 Å². The van der Waals surface area contributed by atoms with Gasteiger partial charge in [0.1, 0.15) is 0 Å². The lowest BCUT2D eigenvalue weighted by Gasteiger charge is -2.08. The van der Waals surface area contributed by atoms with Crippen molar-refractivity contribution in [2.24, 2.45) is 0 Å². The van der Waals surface area contributed by atoms with Crippen molar-refractivity contribution in [3.8, 4) is 11.1 Å². The number of nitrogens with zero attached hydrogens (tertiary/aromatic N) is 1. The van der Waals surface area contributed by atoms with Gasteiger partial charge in [0, 0.05) is 23.6 Å². The molecular weight excluding hydrogens is 216 g/mol. The Kier molecular flexibility index (Phi) is 3.05. The lowest BCUT2D eigenvalue weighted by Crippen LogP contribution is -2.04. The summed E-state index contributed by atoms with van der Waals surface area (Å²) in [5, 5.41) is 0. The molecule has 0 aliphatic heterocycles. The van der Waals surface area contributed by atoms with Crippen molar-refractivity contribution in [1.82, 2.24) is 4.98 Å². The smallest absolute Gasteiger partial charge is 0.338 e. The van der Waals surface area contributed by atoms with Crippen LogP contribution in [-0.2, 0) is 4.74 Å². The van der Waals surface area contributed by atoms with Gasteiger partial charge in [-0.2, -0.15) is 0 Å². The first-order valence-corrected chi connectivity index (χ1v) is 5.10. The van der Waals surface area contributed by atoms with E-state index in [0.717, 1.165) is 11.1 Å². The van der Waals surface area contributed by atoms with Crippen LogP contribution >= 0.6 is 0 Å². The average molecular weight is 228 g/mol. The fourth-order valence-corrected chi connectivity index (χ4v) is 1.61. The number of esters is 1. The number of nitrogen functional groups attached to an aromatic ring is 1. The highest BCUT2D eigenvalue weighted by atomic mass is 16.5. The number of ether oxygens (including phenoxy) is 1. The Labute approximate surface area is 99.1 Å². The van der Waals surface area contributed by atoms with Gasteiger partial charge in [-0.25, -0.2) is 4.79 Å². The maximum Gasteiger partial charge on any atom is 0.338 e. The Balaban J connectivity index is 2.58. The van der Waals surface area contributed by atoms with Crippen LogP contribution in [0.5, 0.6) is 0 Å². The Hall–Kier alpha value is -2.36. The SMILES string of the molecule is COC(=O)c1cc(N)ccc1-c1cccnc1. The number of hydrogen-bond donors (Lipinski definition) is 1. The molecule has 0 saturated heterocycles. The molecule has 4 nitrogen and oxygen atoms in total. The maximum atomic E-state index is 11.7. The summed E-state index contributed by atoms with van der Waals surface area (Å²) in [5.74, 6) is -0.406. The van der Waals surface area contributed by atoms with Crippen molar-refractivity contribution in [3.63, 3.8) is 0 Å². The Morgan fingerprint density at radius 3 is 2.82 bits per heavy atom. The number of rotatable bonds is 2. The van der Waals surface area contributed by atoms with Gasteiger partial charge in [0.2, 0.25) is 0 Å². The van der Waals surface area contributed by atoms with Crippen molar-refractivity contribution >= 4 is 11.7 Å². The van der Waals surface area contributed by atoms with Crippen LogP contribution in [0.3, 0.4) is 0 Å². The number of methoxy groups -OCH3 is 1. The molecule has 0 atom stereocenters. The Bertz CT molecular complexity index is 538. The Morgan fingerprint density at radius 2 is 2.18 bits per heavy atom. The molecule has 0 fully saturated rings. The van der Waals surface area contributed by atoms with E-state index in [-0.39, 0.29) is 0 Å². The number of pyridine rings is 1. The molecule has 17 heavy (non-hydrogen) atoms. The van der Waals surface area contributed by atoms with Crippen LogP contribution in [0.4, 0.5) is 5.69 Å². The first-order valence-electron chi connectivity index (χ1n) is 5.10. The van der Waals surface area contributed by atoms with Gasteiger partial charge in [-0.15, -0.1) is 0 Å². The van der Waals surface area contributed by atoms with E-state index in [0.29, 0.717) is 11.3 Å². The topological polar surface area (TPSA) is 65.2 Å². The summed E-state index contributed by atoms with van der Waals surface area (Å²) in [4.78, 5) is 15.7. The summed E-state index contributed by atoms with van der Waals surface area (Å²) in [6.07, 6.45) is 3.37.